The lowest BCUT2D eigenvalue weighted by molar-refractivity contribution is 0.0597. The average molecular weight is 417 g/mol. The van der Waals surface area contributed by atoms with Crippen molar-refractivity contribution in [1.82, 2.24) is 4.90 Å². The SMILES string of the molecule is CCOc1cc([C@@H](CS(C)(=O)=O)N2C(=O)c3cccc(C)c3C2=O)ccc1OC. The zero-order valence-electron chi connectivity index (χ0n) is 16.8. The molecular formula is C21H23NO6S. The number of hydrogen-bond donors (Lipinski definition) is 0. The number of carbonyl (C=O) groups excluding carboxylic acids is 2. The lowest BCUT2D eigenvalue weighted by Crippen LogP contribution is -2.37. The van der Waals surface area contributed by atoms with Crippen molar-refractivity contribution in [2.24, 2.45) is 0 Å². The van der Waals surface area contributed by atoms with Crippen molar-refractivity contribution in [1.29, 1.82) is 0 Å². The lowest BCUT2D eigenvalue weighted by atomic mass is 10.0. The zero-order chi connectivity index (χ0) is 21.3. The molecule has 0 N–H and O–H groups in total. The van der Waals surface area contributed by atoms with Crippen molar-refractivity contribution in [3.05, 3.63) is 58.7 Å². The summed E-state index contributed by atoms with van der Waals surface area (Å²) in [6.07, 6.45) is 1.08. The number of amides is 2. The number of benzene rings is 2. The third kappa shape index (κ3) is 3.98. The molecule has 0 saturated carbocycles. The summed E-state index contributed by atoms with van der Waals surface area (Å²) in [5.41, 5.74) is 1.75. The second-order valence-corrected chi connectivity index (χ2v) is 9.11. The Bertz CT molecular complexity index is 1080. The monoisotopic (exact) mass is 417 g/mol. The Hall–Kier alpha value is -2.87. The van der Waals surface area contributed by atoms with E-state index in [0.29, 0.717) is 34.8 Å². The van der Waals surface area contributed by atoms with Gasteiger partial charge in [0.05, 0.1) is 36.6 Å². The molecule has 0 radical (unpaired) electrons. The van der Waals surface area contributed by atoms with Gasteiger partial charge >= 0.3 is 0 Å². The number of rotatable bonds is 7. The molecule has 2 amide bonds. The van der Waals surface area contributed by atoms with Crippen LogP contribution in [-0.4, -0.2) is 50.9 Å². The van der Waals surface area contributed by atoms with Gasteiger partial charge < -0.3 is 9.47 Å². The number of imide groups is 1. The molecule has 0 unspecified atom stereocenters. The first-order chi connectivity index (χ1) is 13.7. The summed E-state index contributed by atoms with van der Waals surface area (Å²) in [6, 6.07) is 8.96. The van der Waals surface area contributed by atoms with E-state index in [0.717, 1.165) is 11.2 Å². The molecule has 3 rings (SSSR count). The molecule has 29 heavy (non-hydrogen) atoms. The number of ether oxygens (including phenoxy) is 2. The van der Waals surface area contributed by atoms with Crippen molar-refractivity contribution in [3.63, 3.8) is 0 Å². The molecule has 8 heteroatoms. The van der Waals surface area contributed by atoms with E-state index in [1.807, 2.05) is 6.92 Å². The molecule has 7 nitrogen and oxygen atoms in total. The van der Waals surface area contributed by atoms with Gasteiger partial charge in [0.25, 0.3) is 11.8 Å². The second kappa shape index (κ2) is 7.87. The number of sulfone groups is 1. The van der Waals surface area contributed by atoms with Crippen molar-refractivity contribution < 1.29 is 27.5 Å². The molecule has 1 aliphatic rings. The maximum absolute atomic E-state index is 13.1. The van der Waals surface area contributed by atoms with Gasteiger partial charge in [0, 0.05) is 6.26 Å². The summed E-state index contributed by atoms with van der Waals surface area (Å²) < 4.78 is 35.2. The van der Waals surface area contributed by atoms with Crippen molar-refractivity contribution in [2.45, 2.75) is 19.9 Å². The maximum Gasteiger partial charge on any atom is 0.262 e. The minimum Gasteiger partial charge on any atom is -0.493 e. The first-order valence-corrected chi connectivity index (χ1v) is 11.2. The van der Waals surface area contributed by atoms with E-state index in [2.05, 4.69) is 0 Å². The Morgan fingerprint density at radius 2 is 1.79 bits per heavy atom. The van der Waals surface area contributed by atoms with Crippen molar-refractivity contribution >= 4 is 21.7 Å². The minimum atomic E-state index is -3.51. The fourth-order valence-corrected chi connectivity index (χ4v) is 4.45. The van der Waals surface area contributed by atoms with Gasteiger partial charge in [-0.15, -0.1) is 0 Å². The summed E-state index contributed by atoms with van der Waals surface area (Å²) >= 11 is 0. The van der Waals surface area contributed by atoms with Crippen LogP contribution >= 0.6 is 0 Å². The van der Waals surface area contributed by atoms with Crippen LogP contribution in [0.3, 0.4) is 0 Å². The molecule has 2 aromatic rings. The quantitative estimate of drug-likeness (QED) is 0.644. The predicted molar refractivity (Wildman–Crippen MR) is 108 cm³/mol. The molecule has 0 saturated heterocycles. The minimum absolute atomic E-state index is 0.284. The summed E-state index contributed by atoms with van der Waals surface area (Å²) in [5.74, 6) is -0.498. The van der Waals surface area contributed by atoms with E-state index in [-0.39, 0.29) is 5.56 Å². The highest BCUT2D eigenvalue weighted by Crippen LogP contribution is 2.37. The van der Waals surface area contributed by atoms with Crippen molar-refractivity contribution in [3.8, 4) is 11.5 Å². The molecule has 0 aliphatic carbocycles. The van der Waals surface area contributed by atoms with Crippen LogP contribution in [-0.2, 0) is 9.84 Å². The van der Waals surface area contributed by atoms with Gasteiger partial charge in [0.2, 0.25) is 0 Å². The molecule has 0 spiro atoms. The molecule has 1 atom stereocenters. The highest BCUT2D eigenvalue weighted by atomic mass is 32.2. The van der Waals surface area contributed by atoms with E-state index >= 15 is 0 Å². The molecule has 0 aromatic heterocycles. The standard InChI is InChI=1S/C21H23NO6S/c1-5-28-18-11-14(9-10-17(18)27-3)16(12-29(4,25)26)22-20(23)15-8-6-7-13(2)19(15)21(22)24/h6-11,16H,5,12H2,1-4H3/t16-/m1/s1. The Morgan fingerprint density at radius 1 is 1.07 bits per heavy atom. The molecule has 154 valence electrons. The molecular weight excluding hydrogens is 394 g/mol. The number of fused-ring (bicyclic) bond motifs is 1. The maximum atomic E-state index is 13.1. The molecule has 1 heterocycles. The van der Waals surface area contributed by atoms with Crippen LogP contribution in [0.15, 0.2) is 36.4 Å². The smallest absolute Gasteiger partial charge is 0.262 e. The fourth-order valence-electron chi connectivity index (χ4n) is 3.53. The summed E-state index contributed by atoms with van der Waals surface area (Å²) in [5, 5.41) is 0. The average Bonchev–Trinajstić information content (AvgIpc) is 2.91. The van der Waals surface area contributed by atoms with E-state index < -0.39 is 33.4 Å². The van der Waals surface area contributed by atoms with Gasteiger partial charge in [-0.1, -0.05) is 18.2 Å². The zero-order valence-corrected chi connectivity index (χ0v) is 17.6. The summed E-state index contributed by atoms with van der Waals surface area (Å²) in [4.78, 5) is 27.2. The third-order valence-corrected chi connectivity index (χ3v) is 5.72. The topological polar surface area (TPSA) is 90.0 Å². The number of aryl methyl sites for hydroxylation is 1. The van der Waals surface area contributed by atoms with Crippen LogP contribution in [0.25, 0.3) is 0 Å². The fraction of sp³-hybridized carbons (Fsp3) is 0.333. The van der Waals surface area contributed by atoms with E-state index in [1.165, 1.54) is 7.11 Å². The molecule has 0 bridgehead atoms. The molecule has 2 aromatic carbocycles. The Kier molecular flexibility index (Phi) is 5.66. The lowest BCUT2D eigenvalue weighted by Gasteiger charge is -2.27. The Labute approximate surface area is 170 Å². The first-order valence-electron chi connectivity index (χ1n) is 9.14. The Balaban J connectivity index is 2.13. The Morgan fingerprint density at radius 3 is 2.38 bits per heavy atom. The number of methoxy groups -OCH3 is 1. The van der Waals surface area contributed by atoms with Crippen LogP contribution in [0, 0.1) is 6.92 Å². The number of hydrogen-bond acceptors (Lipinski definition) is 6. The second-order valence-electron chi connectivity index (χ2n) is 6.93. The van der Waals surface area contributed by atoms with Crippen LogP contribution in [0.5, 0.6) is 11.5 Å². The van der Waals surface area contributed by atoms with Gasteiger partial charge in [-0.25, -0.2) is 8.42 Å². The van der Waals surface area contributed by atoms with Gasteiger partial charge in [-0.3, -0.25) is 14.5 Å². The van der Waals surface area contributed by atoms with Crippen LogP contribution < -0.4 is 9.47 Å². The predicted octanol–water partition coefficient (Wildman–Crippen LogP) is 2.78. The van der Waals surface area contributed by atoms with E-state index in [4.69, 9.17) is 9.47 Å². The van der Waals surface area contributed by atoms with Gasteiger partial charge in [0.1, 0.15) is 9.84 Å². The van der Waals surface area contributed by atoms with Gasteiger partial charge in [0.15, 0.2) is 11.5 Å². The highest BCUT2D eigenvalue weighted by molar-refractivity contribution is 7.90. The highest BCUT2D eigenvalue weighted by Gasteiger charge is 2.42. The van der Waals surface area contributed by atoms with Gasteiger partial charge in [-0.2, -0.15) is 0 Å². The largest absolute Gasteiger partial charge is 0.493 e. The van der Waals surface area contributed by atoms with Crippen LogP contribution in [0.4, 0.5) is 0 Å². The molecule has 1 aliphatic heterocycles. The molecule has 0 fully saturated rings. The number of nitrogens with zero attached hydrogens (tertiary/aromatic N) is 1. The first kappa shape index (κ1) is 20.9. The summed E-state index contributed by atoms with van der Waals surface area (Å²) in [6.45, 7) is 3.94. The number of carbonyl (C=O) groups is 2. The van der Waals surface area contributed by atoms with E-state index in [9.17, 15) is 18.0 Å². The van der Waals surface area contributed by atoms with Crippen molar-refractivity contribution in [2.75, 3.05) is 25.7 Å². The third-order valence-electron chi connectivity index (χ3n) is 4.80. The van der Waals surface area contributed by atoms with Crippen LogP contribution in [0.1, 0.15) is 44.8 Å². The normalized spacial score (nSPS) is 14.7. The van der Waals surface area contributed by atoms with Crippen LogP contribution in [0.2, 0.25) is 0 Å². The van der Waals surface area contributed by atoms with Gasteiger partial charge in [-0.05, 0) is 43.2 Å². The van der Waals surface area contributed by atoms with E-state index in [1.54, 1.807) is 43.3 Å². The summed E-state index contributed by atoms with van der Waals surface area (Å²) in [7, 11) is -2.01.